The van der Waals surface area contributed by atoms with Crippen molar-refractivity contribution in [1.29, 1.82) is 0 Å². The molecule has 0 radical (unpaired) electrons. The lowest BCUT2D eigenvalue weighted by atomic mass is 10.2. The van der Waals surface area contributed by atoms with E-state index in [0.717, 1.165) is 11.1 Å². The van der Waals surface area contributed by atoms with Crippen LogP contribution in [-0.2, 0) is 23.1 Å². The maximum Gasteiger partial charge on any atom is 0.419 e. The molecule has 6 heteroatoms. The first-order valence-corrected chi connectivity index (χ1v) is 5.48. The van der Waals surface area contributed by atoms with E-state index < -0.39 is 0 Å². The molecule has 18 heavy (non-hydrogen) atoms. The average Bonchev–Trinajstić information content (AvgIpc) is 2.64. The minimum Gasteiger partial charge on any atom is -0.468 e. The van der Waals surface area contributed by atoms with E-state index in [1.807, 2.05) is 12.1 Å². The smallest absolute Gasteiger partial charge is 0.419 e. The summed E-state index contributed by atoms with van der Waals surface area (Å²) in [6.45, 7) is 0.650. The van der Waals surface area contributed by atoms with Crippen molar-refractivity contribution in [3.05, 3.63) is 34.3 Å². The number of fused-ring (bicyclic) bond motifs is 1. The molecule has 2 rings (SSSR count). The Bertz CT molecular complexity index is 627. The molecule has 1 N–H and O–H groups in total. The molecule has 0 saturated carbocycles. The highest BCUT2D eigenvalue weighted by molar-refractivity contribution is 5.73. The molecule has 0 aliphatic carbocycles. The summed E-state index contributed by atoms with van der Waals surface area (Å²) in [7, 11) is 3.00. The second-order valence-corrected chi connectivity index (χ2v) is 3.91. The van der Waals surface area contributed by atoms with Crippen molar-refractivity contribution in [1.82, 2.24) is 9.88 Å². The van der Waals surface area contributed by atoms with Crippen molar-refractivity contribution in [2.45, 2.75) is 6.54 Å². The van der Waals surface area contributed by atoms with Gasteiger partial charge in [-0.25, -0.2) is 4.79 Å². The summed E-state index contributed by atoms with van der Waals surface area (Å²) in [6.07, 6.45) is 0. The molecule has 0 atom stereocenters. The molecule has 0 amide bonds. The zero-order valence-corrected chi connectivity index (χ0v) is 10.2. The summed E-state index contributed by atoms with van der Waals surface area (Å²) < 4.78 is 11.0. The molecule has 1 aromatic heterocycles. The third-order valence-electron chi connectivity index (χ3n) is 2.68. The molecule has 6 nitrogen and oxygen atoms in total. The van der Waals surface area contributed by atoms with Gasteiger partial charge in [0.2, 0.25) is 0 Å². The lowest BCUT2D eigenvalue weighted by Gasteiger charge is -2.03. The Balaban J connectivity index is 2.11. The van der Waals surface area contributed by atoms with Crippen molar-refractivity contribution in [2.75, 3.05) is 13.7 Å². The van der Waals surface area contributed by atoms with Gasteiger partial charge in [0, 0.05) is 13.6 Å². The first-order chi connectivity index (χ1) is 8.61. The Hall–Kier alpha value is -2.08. The predicted octanol–water partition coefficient (Wildman–Crippen LogP) is 0.394. The van der Waals surface area contributed by atoms with Gasteiger partial charge >= 0.3 is 11.7 Å². The summed E-state index contributed by atoms with van der Waals surface area (Å²) in [5.41, 5.74) is 2.22. The molecule has 0 fully saturated rings. The van der Waals surface area contributed by atoms with E-state index in [-0.39, 0.29) is 18.3 Å². The van der Waals surface area contributed by atoms with Gasteiger partial charge in [-0.1, -0.05) is 6.07 Å². The Morgan fingerprint density at radius 1 is 1.50 bits per heavy atom. The fourth-order valence-corrected chi connectivity index (χ4v) is 1.67. The van der Waals surface area contributed by atoms with Gasteiger partial charge in [0.05, 0.1) is 19.2 Å². The first kappa shape index (κ1) is 12.4. The molecule has 0 aliphatic rings. The molecule has 0 saturated heterocycles. The van der Waals surface area contributed by atoms with Crippen LogP contribution in [0.5, 0.6) is 0 Å². The van der Waals surface area contributed by atoms with Crippen LogP contribution < -0.4 is 11.1 Å². The largest absolute Gasteiger partial charge is 0.468 e. The predicted molar refractivity (Wildman–Crippen MR) is 65.2 cm³/mol. The molecule has 1 aromatic carbocycles. The topological polar surface area (TPSA) is 73.5 Å². The van der Waals surface area contributed by atoms with E-state index in [2.05, 4.69) is 10.1 Å². The van der Waals surface area contributed by atoms with E-state index in [1.165, 1.54) is 11.7 Å². The summed E-state index contributed by atoms with van der Waals surface area (Å²) in [4.78, 5) is 22.2. The number of benzene rings is 1. The molecule has 2 aromatic rings. The van der Waals surface area contributed by atoms with Gasteiger partial charge < -0.3 is 14.5 Å². The number of methoxy groups -OCH3 is 1. The van der Waals surface area contributed by atoms with Gasteiger partial charge in [0.15, 0.2) is 5.58 Å². The zero-order chi connectivity index (χ0) is 13.1. The van der Waals surface area contributed by atoms with Crippen molar-refractivity contribution >= 4 is 17.1 Å². The number of oxazole rings is 1. The van der Waals surface area contributed by atoms with Crippen LogP contribution in [0.15, 0.2) is 27.4 Å². The van der Waals surface area contributed by atoms with E-state index in [4.69, 9.17) is 4.42 Å². The zero-order valence-electron chi connectivity index (χ0n) is 10.2. The highest BCUT2D eigenvalue weighted by Gasteiger charge is 2.06. The van der Waals surface area contributed by atoms with Gasteiger partial charge in [-0.05, 0) is 17.7 Å². The van der Waals surface area contributed by atoms with Gasteiger partial charge in [-0.3, -0.25) is 9.36 Å². The van der Waals surface area contributed by atoms with E-state index >= 15 is 0 Å². The Kier molecular flexibility index (Phi) is 3.47. The number of aryl methyl sites for hydroxylation is 1. The fourth-order valence-electron chi connectivity index (χ4n) is 1.67. The fraction of sp³-hybridized carbons (Fsp3) is 0.333. The van der Waals surface area contributed by atoms with E-state index in [1.54, 1.807) is 13.1 Å². The molecule has 0 bridgehead atoms. The van der Waals surface area contributed by atoms with Crippen molar-refractivity contribution in [3.63, 3.8) is 0 Å². The summed E-state index contributed by atoms with van der Waals surface area (Å²) in [6, 6.07) is 5.47. The van der Waals surface area contributed by atoms with Crippen LogP contribution in [0.3, 0.4) is 0 Å². The monoisotopic (exact) mass is 250 g/mol. The molecule has 1 heterocycles. The number of carbonyl (C=O) groups excluding carboxylic acids is 1. The molecular weight excluding hydrogens is 236 g/mol. The number of hydrogen-bond acceptors (Lipinski definition) is 5. The average molecular weight is 250 g/mol. The molecule has 96 valence electrons. The van der Waals surface area contributed by atoms with Crippen LogP contribution in [0.2, 0.25) is 0 Å². The number of carbonyl (C=O) groups is 1. The van der Waals surface area contributed by atoms with E-state index in [9.17, 15) is 9.59 Å². The third kappa shape index (κ3) is 2.43. The Morgan fingerprint density at radius 2 is 2.28 bits per heavy atom. The highest BCUT2D eigenvalue weighted by Crippen LogP contribution is 2.13. The van der Waals surface area contributed by atoms with Gasteiger partial charge in [0.25, 0.3) is 0 Å². The quantitative estimate of drug-likeness (QED) is 0.795. The van der Waals surface area contributed by atoms with Crippen LogP contribution >= 0.6 is 0 Å². The standard InChI is InChI=1S/C12H14N2O4/c1-14-9-4-3-8(5-10(9)18-12(14)16)6-13-7-11(15)17-2/h3-5,13H,6-7H2,1-2H3. The maximum atomic E-state index is 11.3. The van der Waals surface area contributed by atoms with Crippen molar-refractivity contribution in [3.8, 4) is 0 Å². The number of rotatable bonds is 4. The minimum atomic E-state index is -0.385. The van der Waals surface area contributed by atoms with Gasteiger partial charge in [-0.15, -0.1) is 0 Å². The van der Waals surface area contributed by atoms with Crippen molar-refractivity contribution in [2.24, 2.45) is 7.05 Å². The SMILES string of the molecule is COC(=O)CNCc1ccc2c(c1)oc(=O)n2C. The summed E-state index contributed by atoms with van der Waals surface area (Å²) in [5, 5.41) is 2.94. The number of ether oxygens (including phenoxy) is 1. The van der Waals surface area contributed by atoms with Crippen LogP contribution in [0.1, 0.15) is 5.56 Å². The highest BCUT2D eigenvalue weighted by atomic mass is 16.5. The first-order valence-electron chi connectivity index (χ1n) is 5.48. The maximum absolute atomic E-state index is 11.3. The van der Waals surface area contributed by atoms with E-state index in [0.29, 0.717) is 12.1 Å². The number of esters is 1. The summed E-state index contributed by atoms with van der Waals surface area (Å²) >= 11 is 0. The third-order valence-corrected chi connectivity index (χ3v) is 2.68. The normalized spacial score (nSPS) is 10.8. The number of nitrogens with one attached hydrogen (secondary N) is 1. The number of nitrogens with zero attached hydrogens (tertiary/aromatic N) is 1. The van der Waals surface area contributed by atoms with Crippen molar-refractivity contribution < 1.29 is 13.9 Å². The van der Waals surface area contributed by atoms with Crippen LogP contribution in [0.4, 0.5) is 0 Å². The lowest BCUT2D eigenvalue weighted by Crippen LogP contribution is -2.23. The number of aromatic nitrogens is 1. The second-order valence-electron chi connectivity index (χ2n) is 3.91. The summed E-state index contributed by atoms with van der Waals surface area (Å²) in [5.74, 6) is -0.702. The number of hydrogen-bond donors (Lipinski definition) is 1. The van der Waals surface area contributed by atoms with Gasteiger partial charge in [0.1, 0.15) is 0 Å². The Morgan fingerprint density at radius 3 is 3.00 bits per heavy atom. The minimum absolute atomic E-state index is 0.146. The molecular formula is C12H14N2O4. The molecule has 0 unspecified atom stereocenters. The van der Waals surface area contributed by atoms with Crippen LogP contribution in [-0.4, -0.2) is 24.2 Å². The van der Waals surface area contributed by atoms with Crippen LogP contribution in [0, 0.1) is 0 Å². The lowest BCUT2D eigenvalue weighted by molar-refractivity contribution is -0.139. The van der Waals surface area contributed by atoms with Gasteiger partial charge in [-0.2, -0.15) is 0 Å². The Labute approximate surface area is 103 Å². The molecule has 0 aliphatic heterocycles. The second kappa shape index (κ2) is 5.05. The molecule has 0 spiro atoms. The van der Waals surface area contributed by atoms with Crippen LogP contribution in [0.25, 0.3) is 11.1 Å².